The van der Waals surface area contributed by atoms with Gasteiger partial charge in [0.15, 0.2) is 0 Å². The SMILES string of the molecule is Cc1cc(C)cc(-c2c(C)c(C)c(C)c3c2C=C(C(C)C)C3)c1. The molecule has 1 aliphatic rings. The molecule has 120 valence electrons. The smallest absolute Gasteiger partial charge is 0.00523 e. The summed E-state index contributed by atoms with van der Waals surface area (Å²) in [7, 11) is 0. The second-order valence-electron chi connectivity index (χ2n) is 7.57. The van der Waals surface area contributed by atoms with Gasteiger partial charge in [-0.2, -0.15) is 0 Å². The lowest BCUT2D eigenvalue weighted by Crippen LogP contribution is -2.01. The second-order valence-corrected chi connectivity index (χ2v) is 7.57. The van der Waals surface area contributed by atoms with E-state index in [0.717, 1.165) is 6.42 Å². The number of hydrogen-bond donors (Lipinski definition) is 0. The molecule has 0 aromatic heterocycles. The summed E-state index contributed by atoms with van der Waals surface area (Å²) in [4.78, 5) is 0. The predicted octanol–water partition coefficient (Wildman–Crippen LogP) is 6.49. The summed E-state index contributed by atoms with van der Waals surface area (Å²) in [6.07, 6.45) is 3.59. The van der Waals surface area contributed by atoms with Gasteiger partial charge in [-0.05, 0) is 85.9 Å². The van der Waals surface area contributed by atoms with Crippen LogP contribution in [0.1, 0.15) is 52.8 Å². The van der Waals surface area contributed by atoms with Crippen molar-refractivity contribution in [1.82, 2.24) is 0 Å². The van der Waals surface area contributed by atoms with Crippen molar-refractivity contribution in [3.8, 4) is 11.1 Å². The molecule has 0 N–H and O–H groups in total. The molecule has 1 aliphatic carbocycles. The molecule has 23 heavy (non-hydrogen) atoms. The molecular weight excluding hydrogens is 276 g/mol. The number of allylic oxidation sites excluding steroid dienone is 1. The Morgan fingerprint density at radius 1 is 0.783 bits per heavy atom. The van der Waals surface area contributed by atoms with Crippen LogP contribution >= 0.6 is 0 Å². The molecule has 0 radical (unpaired) electrons. The first-order chi connectivity index (χ1) is 10.8. The Balaban J connectivity index is 2.33. The summed E-state index contributed by atoms with van der Waals surface area (Å²) < 4.78 is 0. The number of benzene rings is 2. The van der Waals surface area contributed by atoms with Gasteiger partial charge < -0.3 is 0 Å². The van der Waals surface area contributed by atoms with Gasteiger partial charge >= 0.3 is 0 Å². The van der Waals surface area contributed by atoms with Gasteiger partial charge in [0.1, 0.15) is 0 Å². The molecule has 0 atom stereocenters. The number of fused-ring (bicyclic) bond motifs is 1. The summed E-state index contributed by atoms with van der Waals surface area (Å²) in [6.45, 7) is 15.9. The monoisotopic (exact) mass is 304 g/mol. The quantitative estimate of drug-likeness (QED) is 0.594. The summed E-state index contributed by atoms with van der Waals surface area (Å²) in [5, 5.41) is 0. The zero-order valence-electron chi connectivity index (χ0n) is 15.6. The van der Waals surface area contributed by atoms with Crippen LogP contribution in [0.2, 0.25) is 0 Å². The first kappa shape index (κ1) is 16.1. The fourth-order valence-corrected chi connectivity index (χ4v) is 3.94. The molecule has 3 rings (SSSR count). The van der Waals surface area contributed by atoms with Crippen LogP contribution in [0, 0.1) is 40.5 Å². The van der Waals surface area contributed by atoms with Gasteiger partial charge in [0.2, 0.25) is 0 Å². The maximum Gasteiger partial charge on any atom is -0.00523 e. The zero-order valence-corrected chi connectivity index (χ0v) is 15.6. The van der Waals surface area contributed by atoms with Crippen molar-refractivity contribution >= 4 is 6.08 Å². The maximum atomic E-state index is 2.46. The van der Waals surface area contributed by atoms with E-state index >= 15 is 0 Å². The first-order valence-corrected chi connectivity index (χ1v) is 8.71. The van der Waals surface area contributed by atoms with E-state index < -0.39 is 0 Å². The summed E-state index contributed by atoms with van der Waals surface area (Å²) in [5.41, 5.74) is 14.5. The standard InChI is InChI=1S/C23H28/c1-13(2)19-11-21-17(6)16(5)18(7)23(22(21)12-19)20-9-14(3)8-15(4)10-20/h8-10,12-13H,11H2,1-7H3. The Bertz CT molecular complexity index is 796. The van der Waals surface area contributed by atoms with Gasteiger partial charge in [-0.1, -0.05) is 54.8 Å². The summed E-state index contributed by atoms with van der Waals surface area (Å²) in [5.74, 6) is 0.620. The van der Waals surface area contributed by atoms with E-state index in [1.165, 1.54) is 44.5 Å². The fraction of sp³-hybridized carbons (Fsp3) is 0.391. The van der Waals surface area contributed by atoms with Crippen molar-refractivity contribution < 1.29 is 0 Å². The highest BCUT2D eigenvalue weighted by Gasteiger charge is 2.24. The molecular formula is C23H28. The molecule has 0 heteroatoms. The van der Waals surface area contributed by atoms with E-state index in [1.54, 1.807) is 11.1 Å². The highest BCUT2D eigenvalue weighted by atomic mass is 14.3. The lowest BCUT2D eigenvalue weighted by molar-refractivity contribution is 0.753. The molecule has 2 aromatic carbocycles. The minimum atomic E-state index is 0.620. The van der Waals surface area contributed by atoms with E-state index in [4.69, 9.17) is 0 Å². The molecule has 2 aromatic rings. The highest BCUT2D eigenvalue weighted by Crippen LogP contribution is 2.42. The number of aryl methyl sites for hydroxylation is 2. The number of hydrogen-bond acceptors (Lipinski definition) is 0. The molecule has 0 spiro atoms. The third kappa shape index (κ3) is 2.65. The Morgan fingerprint density at radius 3 is 1.96 bits per heavy atom. The zero-order chi connectivity index (χ0) is 16.9. The van der Waals surface area contributed by atoms with Crippen molar-refractivity contribution in [3.05, 3.63) is 62.7 Å². The van der Waals surface area contributed by atoms with Crippen molar-refractivity contribution in [1.29, 1.82) is 0 Å². The van der Waals surface area contributed by atoms with Crippen LogP contribution in [0.5, 0.6) is 0 Å². The second kappa shape index (κ2) is 5.67. The van der Waals surface area contributed by atoms with Gasteiger partial charge in [-0.25, -0.2) is 0 Å². The minimum Gasteiger partial charge on any atom is -0.0626 e. The van der Waals surface area contributed by atoms with Gasteiger partial charge in [-0.15, -0.1) is 0 Å². The third-order valence-electron chi connectivity index (χ3n) is 5.51. The van der Waals surface area contributed by atoms with E-state index in [9.17, 15) is 0 Å². The summed E-state index contributed by atoms with van der Waals surface area (Å²) >= 11 is 0. The van der Waals surface area contributed by atoms with Gasteiger partial charge in [-0.3, -0.25) is 0 Å². The van der Waals surface area contributed by atoms with Crippen LogP contribution in [-0.2, 0) is 6.42 Å². The molecule has 0 bridgehead atoms. The molecule has 0 aliphatic heterocycles. The molecule has 0 amide bonds. The van der Waals surface area contributed by atoms with E-state index in [1.807, 2.05) is 0 Å². The largest absolute Gasteiger partial charge is 0.0626 e. The number of rotatable bonds is 2. The first-order valence-electron chi connectivity index (χ1n) is 8.71. The van der Waals surface area contributed by atoms with Crippen molar-refractivity contribution in [3.63, 3.8) is 0 Å². The van der Waals surface area contributed by atoms with E-state index in [-0.39, 0.29) is 0 Å². The summed E-state index contributed by atoms with van der Waals surface area (Å²) in [6, 6.07) is 6.94. The minimum absolute atomic E-state index is 0.620. The Morgan fingerprint density at radius 2 is 1.39 bits per heavy atom. The average Bonchev–Trinajstić information content (AvgIpc) is 2.89. The van der Waals surface area contributed by atoms with Crippen molar-refractivity contribution in [2.75, 3.05) is 0 Å². The maximum absolute atomic E-state index is 2.46. The van der Waals surface area contributed by atoms with Gasteiger partial charge in [0.25, 0.3) is 0 Å². The molecule has 0 heterocycles. The van der Waals surface area contributed by atoms with Crippen LogP contribution in [0.4, 0.5) is 0 Å². The lowest BCUT2D eigenvalue weighted by atomic mass is 9.85. The lowest BCUT2D eigenvalue weighted by Gasteiger charge is -2.19. The Labute approximate surface area is 141 Å². The van der Waals surface area contributed by atoms with Gasteiger partial charge in [0.05, 0.1) is 0 Å². The van der Waals surface area contributed by atoms with Crippen LogP contribution in [0.3, 0.4) is 0 Å². The average molecular weight is 304 g/mol. The molecule has 0 unspecified atom stereocenters. The van der Waals surface area contributed by atoms with E-state index in [2.05, 4.69) is 72.7 Å². The van der Waals surface area contributed by atoms with Crippen LogP contribution < -0.4 is 0 Å². The predicted molar refractivity (Wildman–Crippen MR) is 102 cm³/mol. The van der Waals surface area contributed by atoms with Crippen LogP contribution in [-0.4, -0.2) is 0 Å². The Kier molecular flexibility index (Phi) is 3.96. The molecule has 0 saturated heterocycles. The van der Waals surface area contributed by atoms with Crippen LogP contribution in [0.15, 0.2) is 23.8 Å². The molecule has 0 nitrogen and oxygen atoms in total. The van der Waals surface area contributed by atoms with Crippen LogP contribution in [0.25, 0.3) is 17.2 Å². The molecule has 0 saturated carbocycles. The third-order valence-corrected chi connectivity index (χ3v) is 5.51. The fourth-order valence-electron chi connectivity index (χ4n) is 3.94. The topological polar surface area (TPSA) is 0 Å². The normalized spacial score (nSPS) is 13.5. The van der Waals surface area contributed by atoms with Gasteiger partial charge in [0, 0.05) is 0 Å². The van der Waals surface area contributed by atoms with Crippen molar-refractivity contribution in [2.45, 2.75) is 54.9 Å². The Hall–Kier alpha value is -1.82. The van der Waals surface area contributed by atoms with E-state index in [0.29, 0.717) is 5.92 Å². The van der Waals surface area contributed by atoms with Crippen molar-refractivity contribution in [2.24, 2.45) is 5.92 Å². The molecule has 0 fully saturated rings. The highest BCUT2D eigenvalue weighted by molar-refractivity contribution is 5.85.